The molecule has 0 atom stereocenters. The van der Waals surface area contributed by atoms with Gasteiger partial charge in [0, 0.05) is 6.20 Å². The topological polar surface area (TPSA) is 91.4 Å². The molecule has 0 aliphatic carbocycles. The Bertz CT molecular complexity index is 470. The quantitative estimate of drug-likeness (QED) is 0.700. The molecular weight excluding hydrogens is 214 g/mol. The van der Waals surface area contributed by atoms with Crippen molar-refractivity contribution in [3.8, 4) is 6.07 Å². The minimum absolute atomic E-state index is 0.153. The summed E-state index contributed by atoms with van der Waals surface area (Å²) in [5, 5.41) is 15.6. The largest absolute Gasteiger partial charge is 0.382 e. The average molecular weight is 224 g/mol. The third kappa shape index (κ3) is 2.58. The summed E-state index contributed by atoms with van der Waals surface area (Å²) in [6.07, 6.45) is 1.45. The summed E-state index contributed by atoms with van der Waals surface area (Å²) in [6.45, 7) is 3.37. The zero-order chi connectivity index (χ0) is 11.4. The number of rotatable bonds is 0. The van der Waals surface area contributed by atoms with Crippen molar-refractivity contribution in [2.24, 2.45) is 0 Å². The summed E-state index contributed by atoms with van der Waals surface area (Å²) >= 11 is 5.89. The van der Waals surface area contributed by atoms with E-state index in [9.17, 15) is 0 Å². The number of nitrogens with two attached hydrogens (primary N) is 1. The highest BCUT2D eigenvalue weighted by atomic mass is 35.5. The molecule has 3 N–H and O–H groups in total. The Morgan fingerprint density at radius 1 is 1.47 bits per heavy atom. The Morgan fingerprint density at radius 2 is 2.13 bits per heavy atom. The summed E-state index contributed by atoms with van der Waals surface area (Å²) in [4.78, 5) is 4.01. The molecule has 15 heavy (non-hydrogen) atoms. The number of hydrogen-bond acceptors (Lipinski definition) is 4. The SMILES string of the molecule is Cc1nc(N)c(Cl)c(C)n[nH]cc1C#N. The van der Waals surface area contributed by atoms with E-state index in [4.69, 9.17) is 22.6 Å². The number of aromatic nitrogens is 3. The molecule has 0 unspecified atom stereocenters. The summed E-state index contributed by atoms with van der Waals surface area (Å²) in [5.74, 6) is 0.153. The van der Waals surface area contributed by atoms with E-state index in [1.165, 1.54) is 6.20 Å². The smallest absolute Gasteiger partial charge is 0.144 e. The van der Waals surface area contributed by atoms with Crippen molar-refractivity contribution < 1.29 is 0 Å². The first kappa shape index (κ1) is 11.3. The van der Waals surface area contributed by atoms with Gasteiger partial charge in [-0.1, -0.05) is 11.6 Å². The fraction of sp³-hybridized carbons (Fsp3) is 0.222. The first-order valence-electron chi connectivity index (χ1n) is 4.17. The predicted octanol–water partition coefficient (Wildman–Crippen LogP) is 1.65. The number of aryl methyl sites for hydroxylation is 2. The number of anilines is 1. The molecule has 1 heterocycles. The van der Waals surface area contributed by atoms with Gasteiger partial charge in [-0.05, 0) is 13.8 Å². The van der Waals surface area contributed by atoms with Crippen molar-refractivity contribution in [1.29, 1.82) is 5.26 Å². The van der Waals surface area contributed by atoms with Crippen LogP contribution in [0.25, 0.3) is 0 Å². The van der Waals surface area contributed by atoms with E-state index in [-0.39, 0.29) is 10.8 Å². The van der Waals surface area contributed by atoms with Gasteiger partial charge >= 0.3 is 0 Å². The summed E-state index contributed by atoms with van der Waals surface area (Å²) in [7, 11) is 0. The maximum atomic E-state index is 8.81. The van der Waals surface area contributed by atoms with Crippen molar-refractivity contribution >= 4 is 17.4 Å². The van der Waals surface area contributed by atoms with Crippen LogP contribution in [-0.2, 0) is 0 Å². The lowest BCUT2D eigenvalue weighted by atomic mass is 10.3. The Labute approximate surface area is 92.2 Å². The molecule has 0 bridgehead atoms. The van der Waals surface area contributed by atoms with Gasteiger partial charge in [0.05, 0.1) is 17.0 Å². The Hall–Kier alpha value is -1.80. The lowest BCUT2D eigenvalue weighted by molar-refractivity contribution is 0.996. The molecule has 0 saturated heterocycles. The summed E-state index contributed by atoms with van der Waals surface area (Å²) in [6, 6.07) is 1.98. The molecule has 5 nitrogen and oxygen atoms in total. The summed E-state index contributed by atoms with van der Waals surface area (Å²) < 4.78 is 0. The fourth-order valence-electron chi connectivity index (χ4n) is 0.936. The van der Waals surface area contributed by atoms with E-state index in [1.807, 2.05) is 6.07 Å². The minimum Gasteiger partial charge on any atom is -0.382 e. The number of nitriles is 1. The van der Waals surface area contributed by atoms with Gasteiger partial charge in [-0.3, -0.25) is 5.10 Å². The molecule has 0 aromatic carbocycles. The monoisotopic (exact) mass is 223 g/mol. The van der Waals surface area contributed by atoms with Crippen molar-refractivity contribution in [2.45, 2.75) is 13.8 Å². The number of nitrogen functional groups attached to an aromatic ring is 1. The van der Waals surface area contributed by atoms with Crippen molar-refractivity contribution in [2.75, 3.05) is 5.73 Å². The molecule has 1 rings (SSSR count). The first-order valence-corrected chi connectivity index (χ1v) is 4.55. The van der Waals surface area contributed by atoms with Crippen LogP contribution in [0.3, 0.4) is 0 Å². The molecule has 78 valence electrons. The zero-order valence-electron chi connectivity index (χ0n) is 8.37. The summed E-state index contributed by atoms with van der Waals surface area (Å²) in [5.41, 5.74) is 7.00. The average Bonchev–Trinajstić information content (AvgIpc) is 2.25. The van der Waals surface area contributed by atoms with Gasteiger partial charge in [0.1, 0.15) is 16.9 Å². The highest BCUT2D eigenvalue weighted by Gasteiger charge is 2.01. The molecule has 1 aromatic heterocycles. The van der Waals surface area contributed by atoms with E-state index in [0.29, 0.717) is 17.0 Å². The van der Waals surface area contributed by atoms with Crippen LogP contribution in [0.5, 0.6) is 0 Å². The molecule has 0 aliphatic rings. The van der Waals surface area contributed by atoms with Crippen molar-refractivity contribution in [3.05, 3.63) is 28.2 Å². The van der Waals surface area contributed by atoms with Crippen molar-refractivity contribution in [1.82, 2.24) is 15.2 Å². The second-order valence-electron chi connectivity index (χ2n) is 2.89. The number of aromatic amines is 1. The number of hydrogen-bond donors (Lipinski definition) is 2. The molecule has 0 aliphatic heterocycles. The molecule has 0 saturated carbocycles. The van der Waals surface area contributed by atoms with Gasteiger partial charge in [-0.25, -0.2) is 4.98 Å². The number of H-pyrrole nitrogens is 1. The highest BCUT2D eigenvalue weighted by molar-refractivity contribution is 6.33. The highest BCUT2D eigenvalue weighted by Crippen LogP contribution is 2.16. The molecule has 0 spiro atoms. The molecule has 0 radical (unpaired) electrons. The van der Waals surface area contributed by atoms with E-state index in [0.717, 1.165) is 0 Å². The molecule has 6 heteroatoms. The fourth-order valence-corrected chi connectivity index (χ4v) is 1.02. The van der Waals surface area contributed by atoms with Gasteiger partial charge in [0.2, 0.25) is 0 Å². The molecule has 0 amide bonds. The van der Waals surface area contributed by atoms with Gasteiger partial charge in [0.15, 0.2) is 0 Å². The lowest BCUT2D eigenvalue weighted by Crippen LogP contribution is -1.92. The molecule has 0 fully saturated rings. The first-order chi connectivity index (χ1) is 7.06. The number of halogens is 1. The van der Waals surface area contributed by atoms with Crippen LogP contribution in [0.2, 0.25) is 5.02 Å². The van der Waals surface area contributed by atoms with Gasteiger partial charge in [0.25, 0.3) is 0 Å². The van der Waals surface area contributed by atoms with Gasteiger partial charge in [-0.15, -0.1) is 0 Å². The second kappa shape index (κ2) is 4.62. The van der Waals surface area contributed by atoms with E-state index in [2.05, 4.69) is 15.2 Å². The number of nitrogens with one attached hydrogen (secondary N) is 1. The van der Waals surface area contributed by atoms with Crippen LogP contribution in [0.4, 0.5) is 5.82 Å². The van der Waals surface area contributed by atoms with Gasteiger partial charge in [-0.2, -0.15) is 10.4 Å². The predicted molar refractivity (Wildman–Crippen MR) is 57.6 cm³/mol. The third-order valence-corrected chi connectivity index (χ3v) is 2.25. The van der Waals surface area contributed by atoms with E-state index in [1.54, 1.807) is 13.8 Å². The van der Waals surface area contributed by atoms with E-state index < -0.39 is 0 Å². The third-order valence-electron chi connectivity index (χ3n) is 1.78. The Balaban J connectivity index is 3.67. The Morgan fingerprint density at radius 3 is 2.73 bits per heavy atom. The van der Waals surface area contributed by atoms with Crippen LogP contribution >= 0.6 is 11.6 Å². The number of nitrogens with zero attached hydrogens (tertiary/aromatic N) is 3. The van der Waals surface area contributed by atoms with Crippen LogP contribution in [0.15, 0.2) is 6.20 Å². The van der Waals surface area contributed by atoms with Crippen LogP contribution in [0.1, 0.15) is 17.0 Å². The maximum absolute atomic E-state index is 8.81. The molecule has 1 aromatic rings. The second-order valence-corrected chi connectivity index (χ2v) is 3.27. The molecular formula is C9H10ClN5. The minimum atomic E-state index is 0.153. The Kier molecular flexibility index (Phi) is 3.47. The standard InChI is InChI=1S/C9H10ClN5/c1-5-7(3-11)4-13-15-6(2)8(10)9(12)14-5/h4,13H,12H2,1-2H3. The lowest BCUT2D eigenvalue weighted by Gasteiger charge is -1.94. The van der Waals surface area contributed by atoms with Crippen LogP contribution < -0.4 is 5.73 Å². The maximum Gasteiger partial charge on any atom is 0.144 e. The van der Waals surface area contributed by atoms with Gasteiger partial charge < -0.3 is 5.73 Å². The van der Waals surface area contributed by atoms with Crippen LogP contribution in [0, 0.1) is 25.2 Å². The van der Waals surface area contributed by atoms with E-state index >= 15 is 0 Å². The van der Waals surface area contributed by atoms with Crippen LogP contribution in [-0.4, -0.2) is 15.2 Å². The zero-order valence-corrected chi connectivity index (χ0v) is 9.13. The normalized spacial score (nSPS) is 9.20. The van der Waals surface area contributed by atoms with Crippen molar-refractivity contribution in [3.63, 3.8) is 0 Å².